The third-order valence-corrected chi connectivity index (χ3v) is 3.03. The molecule has 0 aromatic heterocycles. The minimum Gasteiger partial charge on any atom is -0.397 e. The van der Waals surface area contributed by atoms with Crippen LogP contribution in [0.25, 0.3) is 0 Å². The van der Waals surface area contributed by atoms with Crippen LogP contribution in [-0.2, 0) is 4.79 Å². The van der Waals surface area contributed by atoms with Crippen molar-refractivity contribution in [2.45, 2.75) is 6.92 Å². The smallest absolute Gasteiger partial charge is 0.243 e. The molecule has 0 radical (unpaired) electrons. The molecule has 104 valence electrons. The normalized spacial score (nSPS) is 10.1. The van der Waals surface area contributed by atoms with Crippen LogP contribution < -0.4 is 16.0 Å². The summed E-state index contributed by atoms with van der Waals surface area (Å²) >= 11 is 0. The molecule has 0 saturated carbocycles. The van der Waals surface area contributed by atoms with Crippen molar-refractivity contribution < 1.29 is 4.79 Å². The summed E-state index contributed by atoms with van der Waals surface area (Å²) in [5.41, 5.74) is 9.34. The summed E-state index contributed by atoms with van der Waals surface area (Å²) in [7, 11) is 1.85. The van der Waals surface area contributed by atoms with Gasteiger partial charge in [0.1, 0.15) is 0 Å². The van der Waals surface area contributed by atoms with Crippen molar-refractivity contribution in [2.75, 3.05) is 29.5 Å². The Hall–Kier alpha value is -2.49. The molecule has 3 N–H and O–H groups in total. The van der Waals surface area contributed by atoms with Gasteiger partial charge in [0.25, 0.3) is 0 Å². The summed E-state index contributed by atoms with van der Waals surface area (Å²) in [6.45, 7) is 2.24. The SMILES string of the molecule is Cc1cccc(NC(=O)CN(C)c2ccccc2N)c1. The van der Waals surface area contributed by atoms with Crippen molar-refractivity contribution >= 4 is 23.0 Å². The Bertz CT molecular complexity index is 610. The highest BCUT2D eigenvalue weighted by Crippen LogP contribution is 2.20. The van der Waals surface area contributed by atoms with Gasteiger partial charge in [-0.25, -0.2) is 0 Å². The quantitative estimate of drug-likeness (QED) is 0.839. The fraction of sp³-hybridized carbons (Fsp3) is 0.188. The Morgan fingerprint density at radius 3 is 2.65 bits per heavy atom. The minimum atomic E-state index is -0.0682. The van der Waals surface area contributed by atoms with Gasteiger partial charge < -0.3 is 16.0 Å². The number of aryl methyl sites for hydroxylation is 1. The van der Waals surface area contributed by atoms with Gasteiger partial charge in [-0.15, -0.1) is 0 Å². The van der Waals surface area contributed by atoms with Crippen LogP contribution in [0.2, 0.25) is 0 Å². The predicted molar refractivity (Wildman–Crippen MR) is 83.9 cm³/mol. The highest BCUT2D eigenvalue weighted by molar-refractivity contribution is 5.94. The van der Waals surface area contributed by atoms with Crippen molar-refractivity contribution in [2.24, 2.45) is 0 Å². The number of carbonyl (C=O) groups is 1. The van der Waals surface area contributed by atoms with E-state index in [1.165, 1.54) is 0 Å². The maximum absolute atomic E-state index is 12.0. The number of nitrogens with zero attached hydrogens (tertiary/aromatic N) is 1. The molecule has 1 amide bonds. The molecule has 0 spiro atoms. The molecule has 0 atom stereocenters. The molecule has 0 aliphatic carbocycles. The topological polar surface area (TPSA) is 58.4 Å². The zero-order valence-corrected chi connectivity index (χ0v) is 11.8. The number of carbonyl (C=O) groups excluding carboxylic acids is 1. The van der Waals surface area contributed by atoms with E-state index in [9.17, 15) is 4.79 Å². The van der Waals surface area contributed by atoms with E-state index in [1.54, 1.807) is 0 Å². The van der Waals surface area contributed by atoms with Gasteiger partial charge in [0.2, 0.25) is 5.91 Å². The summed E-state index contributed by atoms with van der Waals surface area (Å²) < 4.78 is 0. The molecular formula is C16H19N3O. The average molecular weight is 269 g/mol. The summed E-state index contributed by atoms with van der Waals surface area (Å²) in [5, 5.41) is 2.88. The maximum atomic E-state index is 12.0. The number of nitrogens with one attached hydrogen (secondary N) is 1. The summed E-state index contributed by atoms with van der Waals surface area (Å²) in [6, 6.07) is 15.2. The monoisotopic (exact) mass is 269 g/mol. The minimum absolute atomic E-state index is 0.0682. The number of rotatable bonds is 4. The standard InChI is InChI=1S/C16H19N3O/c1-12-6-5-7-13(10-12)18-16(20)11-19(2)15-9-4-3-8-14(15)17/h3-10H,11,17H2,1-2H3,(H,18,20). The zero-order chi connectivity index (χ0) is 14.5. The highest BCUT2D eigenvalue weighted by Gasteiger charge is 2.09. The molecule has 0 saturated heterocycles. The second kappa shape index (κ2) is 6.10. The molecule has 0 bridgehead atoms. The van der Waals surface area contributed by atoms with Crippen molar-refractivity contribution in [1.82, 2.24) is 0 Å². The third-order valence-electron chi connectivity index (χ3n) is 3.03. The van der Waals surface area contributed by atoms with Gasteiger partial charge >= 0.3 is 0 Å². The largest absolute Gasteiger partial charge is 0.397 e. The van der Waals surface area contributed by atoms with Gasteiger partial charge in [-0.1, -0.05) is 24.3 Å². The van der Waals surface area contributed by atoms with Crippen molar-refractivity contribution in [3.8, 4) is 0 Å². The van der Waals surface area contributed by atoms with Gasteiger partial charge in [0, 0.05) is 12.7 Å². The van der Waals surface area contributed by atoms with Crippen LogP contribution in [0.3, 0.4) is 0 Å². The fourth-order valence-electron chi connectivity index (χ4n) is 2.06. The molecule has 0 aliphatic heterocycles. The van der Waals surface area contributed by atoms with Crippen molar-refractivity contribution in [3.63, 3.8) is 0 Å². The first-order valence-electron chi connectivity index (χ1n) is 6.48. The molecule has 0 unspecified atom stereocenters. The van der Waals surface area contributed by atoms with Gasteiger partial charge in [-0.2, -0.15) is 0 Å². The van der Waals surface area contributed by atoms with Crippen LogP contribution in [0, 0.1) is 6.92 Å². The number of amides is 1. The van der Waals surface area contributed by atoms with Crippen LogP contribution in [-0.4, -0.2) is 19.5 Å². The molecular weight excluding hydrogens is 250 g/mol. The second-order valence-electron chi connectivity index (χ2n) is 4.83. The fourth-order valence-corrected chi connectivity index (χ4v) is 2.06. The number of nitrogen functional groups attached to an aromatic ring is 1. The van der Waals surface area contributed by atoms with E-state index in [4.69, 9.17) is 5.73 Å². The molecule has 0 aliphatic rings. The Labute approximate surface area is 119 Å². The second-order valence-corrected chi connectivity index (χ2v) is 4.83. The number of hydrogen-bond donors (Lipinski definition) is 2. The zero-order valence-electron chi connectivity index (χ0n) is 11.8. The first kappa shape index (κ1) is 13.9. The van der Waals surface area contributed by atoms with Gasteiger partial charge in [-0.3, -0.25) is 4.79 Å². The number of likely N-dealkylation sites (N-methyl/N-ethyl adjacent to an activating group) is 1. The molecule has 2 aromatic rings. The molecule has 20 heavy (non-hydrogen) atoms. The van der Waals surface area contributed by atoms with Crippen LogP contribution in [0.15, 0.2) is 48.5 Å². The summed E-state index contributed by atoms with van der Waals surface area (Å²) in [6.07, 6.45) is 0. The summed E-state index contributed by atoms with van der Waals surface area (Å²) in [4.78, 5) is 13.9. The van der Waals surface area contributed by atoms with Crippen LogP contribution in [0.4, 0.5) is 17.1 Å². The van der Waals surface area contributed by atoms with E-state index in [0.717, 1.165) is 16.9 Å². The van der Waals surface area contributed by atoms with Crippen LogP contribution in [0.1, 0.15) is 5.56 Å². The van der Waals surface area contributed by atoms with E-state index < -0.39 is 0 Å². The average Bonchev–Trinajstić information content (AvgIpc) is 2.38. The Morgan fingerprint density at radius 2 is 1.95 bits per heavy atom. The number of para-hydroxylation sites is 2. The van der Waals surface area contributed by atoms with E-state index in [1.807, 2.05) is 67.4 Å². The van der Waals surface area contributed by atoms with E-state index in [0.29, 0.717) is 5.69 Å². The lowest BCUT2D eigenvalue weighted by Gasteiger charge is -2.20. The Morgan fingerprint density at radius 1 is 1.20 bits per heavy atom. The Balaban J connectivity index is 2.00. The molecule has 0 heterocycles. The van der Waals surface area contributed by atoms with E-state index >= 15 is 0 Å². The summed E-state index contributed by atoms with van der Waals surface area (Å²) in [5.74, 6) is -0.0682. The molecule has 2 rings (SSSR count). The predicted octanol–water partition coefficient (Wildman–Crippen LogP) is 2.65. The number of hydrogen-bond acceptors (Lipinski definition) is 3. The van der Waals surface area contributed by atoms with Gasteiger partial charge in [-0.05, 0) is 36.8 Å². The molecule has 2 aromatic carbocycles. The van der Waals surface area contributed by atoms with Crippen molar-refractivity contribution in [1.29, 1.82) is 0 Å². The lowest BCUT2D eigenvalue weighted by atomic mass is 10.2. The van der Waals surface area contributed by atoms with Crippen LogP contribution in [0.5, 0.6) is 0 Å². The number of benzene rings is 2. The number of anilines is 3. The van der Waals surface area contributed by atoms with E-state index in [-0.39, 0.29) is 12.5 Å². The van der Waals surface area contributed by atoms with Gasteiger partial charge in [0.05, 0.1) is 17.9 Å². The van der Waals surface area contributed by atoms with Crippen LogP contribution >= 0.6 is 0 Å². The highest BCUT2D eigenvalue weighted by atomic mass is 16.2. The first-order valence-corrected chi connectivity index (χ1v) is 6.48. The first-order chi connectivity index (χ1) is 9.56. The lowest BCUT2D eigenvalue weighted by molar-refractivity contribution is -0.114. The lowest BCUT2D eigenvalue weighted by Crippen LogP contribution is -2.30. The molecule has 4 heteroatoms. The number of nitrogens with two attached hydrogens (primary N) is 1. The van der Waals surface area contributed by atoms with Crippen molar-refractivity contribution in [3.05, 3.63) is 54.1 Å². The molecule has 0 fully saturated rings. The molecule has 4 nitrogen and oxygen atoms in total. The van der Waals surface area contributed by atoms with Gasteiger partial charge in [0.15, 0.2) is 0 Å². The third kappa shape index (κ3) is 3.51. The van der Waals surface area contributed by atoms with E-state index in [2.05, 4.69) is 5.32 Å². The Kier molecular flexibility index (Phi) is 4.25. The maximum Gasteiger partial charge on any atom is 0.243 e.